The normalized spacial score (nSPS) is 23.5. The van der Waals surface area contributed by atoms with Crippen LogP contribution in [0.1, 0.15) is 54.4 Å². The van der Waals surface area contributed by atoms with Crippen LogP contribution in [0.15, 0.2) is 23.8 Å². The molecule has 0 amide bonds. The van der Waals surface area contributed by atoms with E-state index in [2.05, 4.69) is 12.7 Å². The van der Waals surface area contributed by atoms with Crippen molar-refractivity contribution in [2.45, 2.75) is 72.7 Å². The summed E-state index contributed by atoms with van der Waals surface area (Å²) in [6.45, 7) is 15.3. The Balaban J connectivity index is 2.86. The van der Waals surface area contributed by atoms with Crippen molar-refractivity contribution in [3.05, 3.63) is 23.8 Å². The second-order valence-electron chi connectivity index (χ2n) is 6.31. The molecule has 122 valence electrons. The second-order valence-corrected chi connectivity index (χ2v) is 7.84. The average Bonchev–Trinajstić information content (AvgIpc) is 2.29. The fraction of sp³-hybridized carbons (Fsp3) is 0.750. The SMILES string of the molecule is C=C(C)[C@H]1CC=C(C)[C@H](OP(=O)(OC(C)C)OC(C)C)C1. The summed E-state index contributed by atoms with van der Waals surface area (Å²) in [4.78, 5) is 0. The molecule has 0 aromatic rings. The molecule has 0 heterocycles. The van der Waals surface area contributed by atoms with Crippen molar-refractivity contribution in [3.8, 4) is 0 Å². The van der Waals surface area contributed by atoms with Gasteiger partial charge in [0.2, 0.25) is 0 Å². The van der Waals surface area contributed by atoms with Gasteiger partial charge in [0.15, 0.2) is 0 Å². The fourth-order valence-electron chi connectivity index (χ4n) is 2.28. The molecule has 0 unspecified atom stereocenters. The Hall–Kier alpha value is -0.410. The summed E-state index contributed by atoms with van der Waals surface area (Å²) in [7, 11) is -3.56. The van der Waals surface area contributed by atoms with E-state index >= 15 is 0 Å². The van der Waals surface area contributed by atoms with Gasteiger partial charge in [0, 0.05) is 0 Å². The first-order chi connectivity index (χ1) is 9.63. The lowest BCUT2D eigenvalue weighted by molar-refractivity contribution is 0.0490. The Morgan fingerprint density at radius 2 is 1.81 bits per heavy atom. The van der Waals surface area contributed by atoms with Crippen molar-refractivity contribution < 1.29 is 18.1 Å². The second kappa shape index (κ2) is 7.73. The average molecular weight is 316 g/mol. The molecule has 0 aliphatic heterocycles. The van der Waals surface area contributed by atoms with Gasteiger partial charge in [-0.1, -0.05) is 18.2 Å². The van der Waals surface area contributed by atoms with Crippen LogP contribution in [0.5, 0.6) is 0 Å². The highest BCUT2D eigenvalue weighted by Crippen LogP contribution is 2.54. The quantitative estimate of drug-likeness (QED) is 0.474. The van der Waals surface area contributed by atoms with Crippen molar-refractivity contribution in [2.24, 2.45) is 5.92 Å². The molecule has 0 saturated carbocycles. The van der Waals surface area contributed by atoms with Crippen LogP contribution in [0, 0.1) is 5.92 Å². The van der Waals surface area contributed by atoms with Crippen LogP contribution in [0.4, 0.5) is 0 Å². The van der Waals surface area contributed by atoms with Crippen LogP contribution >= 0.6 is 7.82 Å². The molecule has 0 saturated heterocycles. The molecule has 4 nitrogen and oxygen atoms in total. The summed E-state index contributed by atoms with van der Waals surface area (Å²) in [5, 5.41) is 0. The van der Waals surface area contributed by atoms with E-state index in [0.717, 1.165) is 24.0 Å². The minimum absolute atomic E-state index is 0.223. The lowest BCUT2D eigenvalue weighted by Gasteiger charge is -2.32. The Kier molecular flexibility index (Phi) is 6.86. The third-order valence-electron chi connectivity index (χ3n) is 3.36. The molecule has 1 aliphatic rings. The van der Waals surface area contributed by atoms with Crippen LogP contribution in [-0.4, -0.2) is 18.3 Å². The van der Waals surface area contributed by atoms with E-state index in [-0.39, 0.29) is 18.3 Å². The highest BCUT2D eigenvalue weighted by atomic mass is 31.2. The fourth-order valence-corrected chi connectivity index (χ4v) is 4.02. The maximum atomic E-state index is 12.8. The minimum atomic E-state index is -3.56. The largest absolute Gasteiger partial charge is 0.475 e. The molecule has 0 N–H and O–H groups in total. The zero-order chi connectivity index (χ0) is 16.2. The summed E-state index contributed by atoms with van der Waals surface area (Å²) >= 11 is 0. The topological polar surface area (TPSA) is 44.8 Å². The zero-order valence-corrected chi connectivity index (χ0v) is 15.0. The highest BCUT2D eigenvalue weighted by Gasteiger charge is 2.36. The van der Waals surface area contributed by atoms with Gasteiger partial charge in [-0.2, -0.15) is 0 Å². The molecule has 21 heavy (non-hydrogen) atoms. The predicted octanol–water partition coefficient (Wildman–Crippen LogP) is 5.26. The van der Waals surface area contributed by atoms with Crippen molar-refractivity contribution in [1.29, 1.82) is 0 Å². The molecule has 0 aromatic heterocycles. The van der Waals surface area contributed by atoms with E-state index in [0.29, 0.717) is 5.92 Å². The molecular formula is C16H29O4P. The van der Waals surface area contributed by atoms with E-state index in [1.165, 1.54) is 0 Å². The van der Waals surface area contributed by atoms with Crippen molar-refractivity contribution in [2.75, 3.05) is 0 Å². The van der Waals surface area contributed by atoms with Crippen molar-refractivity contribution in [3.63, 3.8) is 0 Å². The van der Waals surface area contributed by atoms with Gasteiger partial charge in [-0.05, 0) is 65.9 Å². The van der Waals surface area contributed by atoms with Gasteiger partial charge in [-0.25, -0.2) is 4.57 Å². The molecule has 2 atom stereocenters. The Bertz CT molecular complexity index is 426. The number of hydrogen-bond donors (Lipinski definition) is 0. The van der Waals surface area contributed by atoms with Gasteiger partial charge in [0.05, 0.1) is 18.3 Å². The van der Waals surface area contributed by atoms with Gasteiger partial charge in [-0.3, -0.25) is 13.6 Å². The summed E-state index contributed by atoms with van der Waals surface area (Å²) in [6.07, 6.45) is 3.16. The minimum Gasteiger partial charge on any atom is -0.284 e. The standard InChI is InChI=1S/C16H29O4P/c1-11(2)15-9-8-14(7)16(10-15)20-21(17,18-12(3)4)19-13(5)6/h8,12-13,15-16H,1,9-10H2,2-7H3/t15-,16+/m0/s1. The molecule has 0 aromatic carbocycles. The highest BCUT2D eigenvalue weighted by molar-refractivity contribution is 7.48. The maximum absolute atomic E-state index is 12.8. The summed E-state index contributed by atoms with van der Waals surface area (Å²) in [5.74, 6) is 0.352. The molecule has 0 bridgehead atoms. The van der Waals surface area contributed by atoms with Crippen molar-refractivity contribution in [1.82, 2.24) is 0 Å². The number of hydrogen-bond acceptors (Lipinski definition) is 4. The lowest BCUT2D eigenvalue weighted by atomic mass is 9.84. The number of phosphoric acid groups is 1. The van der Waals surface area contributed by atoms with Gasteiger partial charge < -0.3 is 0 Å². The van der Waals surface area contributed by atoms with Crippen LogP contribution < -0.4 is 0 Å². The number of phosphoric ester groups is 1. The van der Waals surface area contributed by atoms with Crippen LogP contribution in [0.3, 0.4) is 0 Å². The smallest absolute Gasteiger partial charge is 0.284 e. The predicted molar refractivity (Wildman–Crippen MR) is 86.2 cm³/mol. The first kappa shape index (κ1) is 18.6. The monoisotopic (exact) mass is 316 g/mol. The number of rotatable bonds is 7. The molecule has 1 aliphatic carbocycles. The maximum Gasteiger partial charge on any atom is 0.475 e. The van der Waals surface area contributed by atoms with E-state index in [1.807, 2.05) is 41.5 Å². The molecule has 0 spiro atoms. The Labute approximate surface area is 129 Å². The van der Waals surface area contributed by atoms with Gasteiger partial charge in [0.25, 0.3) is 0 Å². The zero-order valence-electron chi connectivity index (χ0n) is 14.1. The Morgan fingerprint density at radius 3 is 2.24 bits per heavy atom. The molecule has 0 fully saturated rings. The third-order valence-corrected chi connectivity index (χ3v) is 5.24. The van der Waals surface area contributed by atoms with Crippen LogP contribution in [-0.2, 0) is 18.1 Å². The van der Waals surface area contributed by atoms with Gasteiger partial charge in [0.1, 0.15) is 0 Å². The third kappa shape index (κ3) is 6.07. The van der Waals surface area contributed by atoms with Crippen LogP contribution in [0.25, 0.3) is 0 Å². The molecule has 5 heteroatoms. The molecule has 1 rings (SSSR count). The van der Waals surface area contributed by atoms with Gasteiger partial charge in [-0.15, -0.1) is 0 Å². The van der Waals surface area contributed by atoms with E-state index in [9.17, 15) is 4.57 Å². The van der Waals surface area contributed by atoms with Crippen LogP contribution in [0.2, 0.25) is 0 Å². The summed E-state index contributed by atoms with van der Waals surface area (Å²) in [6, 6.07) is 0. The summed E-state index contributed by atoms with van der Waals surface area (Å²) < 4.78 is 29.5. The molecular weight excluding hydrogens is 287 g/mol. The van der Waals surface area contributed by atoms with E-state index in [1.54, 1.807) is 0 Å². The van der Waals surface area contributed by atoms with Crippen molar-refractivity contribution >= 4 is 7.82 Å². The lowest BCUT2D eigenvalue weighted by Crippen LogP contribution is -2.24. The first-order valence-corrected chi connectivity index (χ1v) is 9.06. The van der Waals surface area contributed by atoms with E-state index < -0.39 is 7.82 Å². The Morgan fingerprint density at radius 1 is 1.29 bits per heavy atom. The number of allylic oxidation sites excluding steroid dienone is 2. The first-order valence-electron chi connectivity index (χ1n) is 7.60. The molecule has 0 radical (unpaired) electrons. The van der Waals surface area contributed by atoms with Gasteiger partial charge >= 0.3 is 7.82 Å². The summed E-state index contributed by atoms with van der Waals surface area (Å²) in [5.41, 5.74) is 2.20. The van der Waals surface area contributed by atoms with E-state index in [4.69, 9.17) is 13.6 Å².